The van der Waals surface area contributed by atoms with Crippen molar-refractivity contribution < 1.29 is 4.74 Å². The standard InChI is InChI=1S/C14H21NO/c1-2-11-3-5-12(6-4-11)14(15)13-7-9-16-10-8-13/h3-6,13-14H,2,7-10,15H2,1H3/t14-/m1/s1. The van der Waals surface area contributed by atoms with Crippen molar-refractivity contribution in [2.75, 3.05) is 13.2 Å². The minimum atomic E-state index is 0.176. The number of hydrogen-bond donors (Lipinski definition) is 1. The van der Waals surface area contributed by atoms with Crippen molar-refractivity contribution in [2.45, 2.75) is 32.2 Å². The second-order valence-electron chi connectivity index (χ2n) is 4.57. The molecule has 0 unspecified atom stereocenters. The first kappa shape index (κ1) is 11.6. The third-order valence-corrected chi connectivity index (χ3v) is 3.55. The lowest BCUT2D eigenvalue weighted by atomic mass is 9.87. The summed E-state index contributed by atoms with van der Waals surface area (Å²) in [6.45, 7) is 3.91. The zero-order chi connectivity index (χ0) is 11.4. The number of ether oxygens (including phenoxy) is 1. The van der Waals surface area contributed by atoms with E-state index in [0.29, 0.717) is 5.92 Å². The van der Waals surface area contributed by atoms with Gasteiger partial charge in [0.15, 0.2) is 0 Å². The molecule has 0 saturated carbocycles. The number of rotatable bonds is 3. The average Bonchev–Trinajstić information content (AvgIpc) is 2.39. The van der Waals surface area contributed by atoms with Gasteiger partial charge in [0.05, 0.1) is 0 Å². The van der Waals surface area contributed by atoms with E-state index < -0.39 is 0 Å². The Morgan fingerprint density at radius 3 is 2.44 bits per heavy atom. The number of benzene rings is 1. The van der Waals surface area contributed by atoms with Crippen LogP contribution in [0, 0.1) is 5.92 Å². The van der Waals surface area contributed by atoms with Gasteiger partial charge in [-0.2, -0.15) is 0 Å². The SMILES string of the molecule is CCc1ccc([C@@H](N)C2CCOCC2)cc1. The first-order valence-corrected chi connectivity index (χ1v) is 6.23. The molecule has 88 valence electrons. The zero-order valence-electron chi connectivity index (χ0n) is 9.99. The predicted molar refractivity (Wildman–Crippen MR) is 66.3 cm³/mol. The molecule has 0 amide bonds. The molecule has 1 aliphatic heterocycles. The summed E-state index contributed by atoms with van der Waals surface area (Å²) >= 11 is 0. The molecule has 1 aromatic rings. The minimum absolute atomic E-state index is 0.176. The Kier molecular flexibility index (Phi) is 3.97. The Labute approximate surface area is 97.8 Å². The molecular formula is C14H21NO. The highest BCUT2D eigenvalue weighted by Crippen LogP contribution is 2.28. The number of aryl methyl sites for hydroxylation is 1. The van der Waals surface area contributed by atoms with Gasteiger partial charge in [-0.1, -0.05) is 31.2 Å². The first-order valence-electron chi connectivity index (χ1n) is 6.23. The van der Waals surface area contributed by atoms with E-state index in [1.165, 1.54) is 11.1 Å². The largest absolute Gasteiger partial charge is 0.381 e. The van der Waals surface area contributed by atoms with E-state index >= 15 is 0 Å². The van der Waals surface area contributed by atoms with Gasteiger partial charge in [-0.25, -0.2) is 0 Å². The summed E-state index contributed by atoms with van der Waals surface area (Å²) in [7, 11) is 0. The van der Waals surface area contributed by atoms with Gasteiger partial charge < -0.3 is 10.5 Å². The molecule has 0 bridgehead atoms. The topological polar surface area (TPSA) is 35.2 Å². The molecule has 1 atom stereocenters. The Balaban J connectivity index is 2.04. The maximum Gasteiger partial charge on any atom is 0.0469 e. The summed E-state index contributed by atoms with van der Waals surface area (Å²) in [5, 5.41) is 0. The van der Waals surface area contributed by atoms with Crippen LogP contribution in [-0.4, -0.2) is 13.2 Å². The van der Waals surface area contributed by atoms with Crippen LogP contribution in [0.25, 0.3) is 0 Å². The summed E-state index contributed by atoms with van der Waals surface area (Å²) in [6, 6.07) is 8.91. The highest BCUT2D eigenvalue weighted by molar-refractivity contribution is 5.25. The van der Waals surface area contributed by atoms with Crippen molar-refractivity contribution in [2.24, 2.45) is 11.7 Å². The fourth-order valence-corrected chi connectivity index (χ4v) is 2.32. The first-order chi connectivity index (χ1) is 7.81. The van der Waals surface area contributed by atoms with E-state index in [9.17, 15) is 0 Å². The maximum atomic E-state index is 6.31. The Morgan fingerprint density at radius 2 is 1.88 bits per heavy atom. The van der Waals surface area contributed by atoms with E-state index in [4.69, 9.17) is 10.5 Å². The van der Waals surface area contributed by atoms with Crippen LogP contribution < -0.4 is 5.73 Å². The van der Waals surface area contributed by atoms with Crippen molar-refractivity contribution in [3.05, 3.63) is 35.4 Å². The van der Waals surface area contributed by atoms with Gasteiger partial charge >= 0.3 is 0 Å². The van der Waals surface area contributed by atoms with Crippen LogP contribution in [0.3, 0.4) is 0 Å². The summed E-state index contributed by atoms with van der Waals surface area (Å²) in [5.74, 6) is 0.584. The van der Waals surface area contributed by atoms with Crippen molar-refractivity contribution in [1.29, 1.82) is 0 Å². The molecule has 16 heavy (non-hydrogen) atoms. The zero-order valence-corrected chi connectivity index (χ0v) is 9.99. The number of hydrogen-bond acceptors (Lipinski definition) is 2. The summed E-state index contributed by atoms with van der Waals surface area (Å²) in [6.07, 6.45) is 3.28. The lowest BCUT2D eigenvalue weighted by molar-refractivity contribution is 0.0584. The molecule has 0 radical (unpaired) electrons. The molecule has 2 nitrogen and oxygen atoms in total. The molecule has 2 N–H and O–H groups in total. The second kappa shape index (κ2) is 5.46. The van der Waals surface area contributed by atoms with Crippen molar-refractivity contribution in [3.8, 4) is 0 Å². The van der Waals surface area contributed by atoms with Gasteiger partial charge in [-0.15, -0.1) is 0 Å². The van der Waals surface area contributed by atoms with Crippen LogP contribution in [0.4, 0.5) is 0 Å². The van der Waals surface area contributed by atoms with Gasteiger partial charge in [0.1, 0.15) is 0 Å². The molecule has 1 heterocycles. The Morgan fingerprint density at radius 1 is 1.25 bits per heavy atom. The van der Waals surface area contributed by atoms with Crippen molar-refractivity contribution in [3.63, 3.8) is 0 Å². The van der Waals surface area contributed by atoms with E-state index in [-0.39, 0.29) is 6.04 Å². The van der Waals surface area contributed by atoms with Gasteiger partial charge in [-0.05, 0) is 36.3 Å². The molecule has 2 heteroatoms. The monoisotopic (exact) mass is 219 g/mol. The highest BCUT2D eigenvalue weighted by Gasteiger charge is 2.21. The smallest absolute Gasteiger partial charge is 0.0469 e. The number of nitrogens with two attached hydrogens (primary N) is 1. The van der Waals surface area contributed by atoms with Gasteiger partial charge in [0.2, 0.25) is 0 Å². The molecule has 0 aliphatic carbocycles. The lowest BCUT2D eigenvalue weighted by Gasteiger charge is -2.27. The van der Waals surface area contributed by atoms with Crippen LogP contribution in [0.1, 0.15) is 36.9 Å². The van der Waals surface area contributed by atoms with Gasteiger partial charge in [0.25, 0.3) is 0 Å². The molecule has 2 rings (SSSR count). The van der Waals surface area contributed by atoms with E-state index in [0.717, 1.165) is 32.5 Å². The van der Waals surface area contributed by atoms with Gasteiger partial charge in [-0.3, -0.25) is 0 Å². The second-order valence-corrected chi connectivity index (χ2v) is 4.57. The summed E-state index contributed by atoms with van der Waals surface area (Å²) in [5.41, 5.74) is 8.95. The third-order valence-electron chi connectivity index (χ3n) is 3.55. The molecule has 1 fully saturated rings. The van der Waals surface area contributed by atoms with Crippen molar-refractivity contribution >= 4 is 0 Å². The maximum absolute atomic E-state index is 6.31. The van der Waals surface area contributed by atoms with Gasteiger partial charge in [0, 0.05) is 19.3 Å². The van der Waals surface area contributed by atoms with Crippen LogP contribution in [0.2, 0.25) is 0 Å². The van der Waals surface area contributed by atoms with Crippen LogP contribution in [0.15, 0.2) is 24.3 Å². The molecule has 0 spiro atoms. The van der Waals surface area contributed by atoms with E-state index in [2.05, 4.69) is 31.2 Å². The fraction of sp³-hybridized carbons (Fsp3) is 0.571. The fourth-order valence-electron chi connectivity index (χ4n) is 2.32. The summed E-state index contributed by atoms with van der Waals surface area (Å²) < 4.78 is 5.37. The molecule has 1 aromatic carbocycles. The molecule has 1 aliphatic rings. The summed E-state index contributed by atoms with van der Waals surface area (Å²) in [4.78, 5) is 0. The highest BCUT2D eigenvalue weighted by atomic mass is 16.5. The van der Waals surface area contributed by atoms with Crippen LogP contribution in [0.5, 0.6) is 0 Å². The predicted octanol–water partition coefficient (Wildman–Crippen LogP) is 2.68. The van der Waals surface area contributed by atoms with Crippen LogP contribution in [-0.2, 0) is 11.2 Å². The Bertz CT molecular complexity index is 314. The average molecular weight is 219 g/mol. The lowest BCUT2D eigenvalue weighted by Crippen LogP contribution is -2.27. The molecule has 0 aromatic heterocycles. The normalized spacial score (nSPS) is 19.6. The quantitative estimate of drug-likeness (QED) is 0.848. The van der Waals surface area contributed by atoms with E-state index in [1.54, 1.807) is 0 Å². The minimum Gasteiger partial charge on any atom is -0.381 e. The van der Waals surface area contributed by atoms with E-state index in [1.807, 2.05) is 0 Å². The molecule has 1 saturated heterocycles. The third kappa shape index (κ3) is 2.63. The van der Waals surface area contributed by atoms with Crippen LogP contribution >= 0.6 is 0 Å². The Hall–Kier alpha value is -0.860. The van der Waals surface area contributed by atoms with Crippen molar-refractivity contribution in [1.82, 2.24) is 0 Å². The molecular weight excluding hydrogens is 198 g/mol.